The van der Waals surface area contributed by atoms with Crippen LogP contribution in [0.25, 0.3) is 0 Å². The molecule has 6 nitrogen and oxygen atoms in total. The number of carbonyl (C=O) groups excluding carboxylic acids is 1. The van der Waals surface area contributed by atoms with Crippen LogP contribution in [0, 0.1) is 6.92 Å². The third kappa shape index (κ3) is 3.07. The lowest BCUT2D eigenvalue weighted by Crippen LogP contribution is -2.25. The largest absolute Gasteiger partial charge is 0.508 e. The molecule has 0 spiro atoms. The fourth-order valence-electron chi connectivity index (χ4n) is 1.48. The van der Waals surface area contributed by atoms with Gasteiger partial charge in [-0.2, -0.15) is 4.98 Å². The molecular weight excluding hydrogens is 234 g/mol. The second-order valence-electron chi connectivity index (χ2n) is 3.79. The number of phenolic OH excluding ortho intramolecular Hbond substituents is 1. The number of hydrogen-bond donors (Lipinski definition) is 2. The van der Waals surface area contributed by atoms with E-state index < -0.39 is 0 Å². The van der Waals surface area contributed by atoms with Crippen LogP contribution in [0.2, 0.25) is 0 Å². The molecule has 0 bridgehead atoms. The molecule has 0 aliphatic rings. The molecule has 0 fully saturated rings. The van der Waals surface area contributed by atoms with E-state index in [4.69, 9.17) is 4.52 Å². The number of nitrogens with one attached hydrogen (secondary N) is 1. The number of aryl methyl sites for hydroxylation is 1. The summed E-state index contributed by atoms with van der Waals surface area (Å²) in [7, 11) is 0. The molecule has 18 heavy (non-hydrogen) atoms. The van der Waals surface area contributed by atoms with Crippen LogP contribution >= 0.6 is 0 Å². The van der Waals surface area contributed by atoms with Crippen LogP contribution in [0.4, 0.5) is 0 Å². The maximum absolute atomic E-state index is 11.7. The Morgan fingerprint density at radius 1 is 1.50 bits per heavy atom. The first-order valence-electron chi connectivity index (χ1n) is 5.51. The predicted molar refractivity (Wildman–Crippen MR) is 63.2 cm³/mol. The van der Waals surface area contributed by atoms with Crippen LogP contribution in [-0.4, -0.2) is 27.7 Å². The van der Waals surface area contributed by atoms with E-state index in [1.165, 1.54) is 12.1 Å². The molecule has 2 rings (SSSR count). The highest BCUT2D eigenvalue weighted by atomic mass is 16.5. The fourth-order valence-corrected chi connectivity index (χ4v) is 1.48. The van der Waals surface area contributed by atoms with Crippen molar-refractivity contribution in [3.63, 3.8) is 0 Å². The zero-order chi connectivity index (χ0) is 13.0. The average molecular weight is 247 g/mol. The Morgan fingerprint density at radius 3 is 3.00 bits per heavy atom. The SMILES string of the molecule is Cc1nc(CCNC(=O)c2cccc(O)c2)no1. The minimum absolute atomic E-state index is 0.0662. The zero-order valence-corrected chi connectivity index (χ0v) is 9.88. The minimum atomic E-state index is -0.244. The van der Waals surface area contributed by atoms with Gasteiger partial charge in [0.15, 0.2) is 5.82 Å². The van der Waals surface area contributed by atoms with Gasteiger partial charge in [0.2, 0.25) is 5.89 Å². The third-order valence-electron chi connectivity index (χ3n) is 2.31. The molecule has 1 aromatic carbocycles. The van der Waals surface area contributed by atoms with Gasteiger partial charge >= 0.3 is 0 Å². The molecule has 1 amide bonds. The highest BCUT2D eigenvalue weighted by molar-refractivity contribution is 5.94. The Bertz CT molecular complexity index is 551. The number of rotatable bonds is 4. The van der Waals surface area contributed by atoms with Gasteiger partial charge in [0.1, 0.15) is 5.75 Å². The molecule has 2 aromatic rings. The first-order chi connectivity index (χ1) is 8.65. The highest BCUT2D eigenvalue weighted by Crippen LogP contribution is 2.10. The van der Waals surface area contributed by atoms with Crippen LogP contribution in [0.15, 0.2) is 28.8 Å². The van der Waals surface area contributed by atoms with Gasteiger partial charge in [-0.15, -0.1) is 0 Å². The van der Waals surface area contributed by atoms with Crippen molar-refractivity contribution < 1.29 is 14.4 Å². The Balaban J connectivity index is 1.85. The summed E-state index contributed by atoms with van der Waals surface area (Å²) in [4.78, 5) is 15.7. The summed E-state index contributed by atoms with van der Waals surface area (Å²) in [6.45, 7) is 2.12. The predicted octanol–water partition coefficient (Wildman–Crippen LogP) is 1.06. The summed E-state index contributed by atoms with van der Waals surface area (Å²) < 4.78 is 4.82. The normalized spacial score (nSPS) is 10.3. The molecule has 6 heteroatoms. The summed E-state index contributed by atoms with van der Waals surface area (Å²) in [6.07, 6.45) is 0.502. The number of hydrogen-bond acceptors (Lipinski definition) is 5. The maximum Gasteiger partial charge on any atom is 0.251 e. The van der Waals surface area contributed by atoms with Gasteiger partial charge in [0.05, 0.1) is 0 Å². The van der Waals surface area contributed by atoms with E-state index >= 15 is 0 Å². The minimum Gasteiger partial charge on any atom is -0.508 e. The summed E-state index contributed by atoms with van der Waals surface area (Å²) in [6, 6.07) is 6.17. The molecule has 0 unspecified atom stereocenters. The molecular formula is C12H13N3O3. The fraction of sp³-hybridized carbons (Fsp3) is 0.250. The summed E-state index contributed by atoms with van der Waals surface area (Å²) >= 11 is 0. The summed E-state index contributed by atoms with van der Waals surface area (Å²) in [5, 5.41) is 15.7. The van der Waals surface area contributed by atoms with E-state index in [0.29, 0.717) is 30.2 Å². The van der Waals surface area contributed by atoms with Gasteiger partial charge in [-0.3, -0.25) is 4.79 Å². The van der Waals surface area contributed by atoms with E-state index in [-0.39, 0.29) is 11.7 Å². The van der Waals surface area contributed by atoms with Gasteiger partial charge in [-0.1, -0.05) is 11.2 Å². The number of phenols is 1. The molecule has 1 aromatic heterocycles. The van der Waals surface area contributed by atoms with Gasteiger partial charge in [-0.05, 0) is 18.2 Å². The molecule has 0 atom stereocenters. The van der Waals surface area contributed by atoms with Gasteiger partial charge in [0, 0.05) is 25.5 Å². The van der Waals surface area contributed by atoms with E-state index in [2.05, 4.69) is 15.5 Å². The second-order valence-corrected chi connectivity index (χ2v) is 3.79. The molecule has 1 heterocycles. The van der Waals surface area contributed by atoms with Crippen molar-refractivity contribution in [3.05, 3.63) is 41.5 Å². The van der Waals surface area contributed by atoms with E-state index in [0.717, 1.165) is 0 Å². The van der Waals surface area contributed by atoms with E-state index in [1.807, 2.05) is 0 Å². The van der Waals surface area contributed by atoms with Crippen molar-refractivity contribution in [1.82, 2.24) is 15.5 Å². The lowest BCUT2D eigenvalue weighted by molar-refractivity contribution is 0.0953. The van der Waals surface area contributed by atoms with Crippen molar-refractivity contribution in [1.29, 1.82) is 0 Å². The first-order valence-corrected chi connectivity index (χ1v) is 5.51. The lowest BCUT2D eigenvalue weighted by atomic mass is 10.2. The standard InChI is InChI=1S/C12H13N3O3/c1-8-14-11(15-18-8)5-6-13-12(17)9-3-2-4-10(16)7-9/h2-4,7,16H,5-6H2,1H3,(H,13,17). The second kappa shape index (κ2) is 5.31. The zero-order valence-electron chi connectivity index (χ0n) is 9.88. The number of carbonyl (C=O) groups is 1. The Hall–Kier alpha value is -2.37. The van der Waals surface area contributed by atoms with Crippen molar-refractivity contribution in [2.24, 2.45) is 0 Å². The van der Waals surface area contributed by atoms with Crippen LogP contribution in [0.1, 0.15) is 22.1 Å². The first kappa shape index (κ1) is 12.1. The molecule has 0 saturated carbocycles. The monoisotopic (exact) mass is 247 g/mol. The van der Waals surface area contributed by atoms with Crippen LogP contribution in [0.3, 0.4) is 0 Å². The Kier molecular flexibility index (Phi) is 3.57. The van der Waals surface area contributed by atoms with Crippen LogP contribution < -0.4 is 5.32 Å². The van der Waals surface area contributed by atoms with E-state index in [1.54, 1.807) is 19.1 Å². The number of aromatic hydroxyl groups is 1. The molecule has 94 valence electrons. The van der Waals surface area contributed by atoms with Crippen molar-refractivity contribution in [2.75, 3.05) is 6.54 Å². The van der Waals surface area contributed by atoms with Crippen molar-refractivity contribution >= 4 is 5.91 Å². The van der Waals surface area contributed by atoms with Crippen LogP contribution in [-0.2, 0) is 6.42 Å². The quantitative estimate of drug-likeness (QED) is 0.843. The number of aromatic nitrogens is 2. The summed E-state index contributed by atoms with van der Waals surface area (Å²) in [5.74, 6) is 0.885. The van der Waals surface area contributed by atoms with Gasteiger partial charge in [-0.25, -0.2) is 0 Å². The third-order valence-corrected chi connectivity index (χ3v) is 2.31. The van der Waals surface area contributed by atoms with Gasteiger partial charge in [0.25, 0.3) is 5.91 Å². The number of nitrogens with zero attached hydrogens (tertiary/aromatic N) is 2. The lowest BCUT2D eigenvalue weighted by Gasteiger charge is -2.03. The molecule has 0 saturated heterocycles. The smallest absolute Gasteiger partial charge is 0.251 e. The van der Waals surface area contributed by atoms with Crippen LogP contribution in [0.5, 0.6) is 5.75 Å². The maximum atomic E-state index is 11.7. The van der Waals surface area contributed by atoms with E-state index in [9.17, 15) is 9.90 Å². The van der Waals surface area contributed by atoms with Gasteiger partial charge < -0.3 is 14.9 Å². The topological polar surface area (TPSA) is 88.2 Å². The van der Waals surface area contributed by atoms with Crippen molar-refractivity contribution in [2.45, 2.75) is 13.3 Å². The molecule has 0 aliphatic carbocycles. The number of benzene rings is 1. The highest BCUT2D eigenvalue weighted by Gasteiger charge is 2.07. The average Bonchev–Trinajstić information content (AvgIpc) is 2.75. The summed E-state index contributed by atoms with van der Waals surface area (Å²) in [5.41, 5.74) is 0.416. The molecule has 0 radical (unpaired) electrons. The Morgan fingerprint density at radius 2 is 2.33 bits per heavy atom. The van der Waals surface area contributed by atoms with Crippen molar-refractivity contribution in [3.8, 4) is 5.75 Å². The number of amides is 1. The molecule has 2 N–H and O–H groups in total. The molecule has 0 aliphatic heterocycles. The Labute approximate surface area is 104 Å².